The first-order valence-electron chi connectivity index (χ1n) is 15.7. The van der Waals surface area contributed by atoms with E-state index in [-0.39, 0.29) is 24.3 Å². The van der Waals surface area contributed by atoms with E-state index in [0.29, 0.717) is 56.0 Å². The molecule has 12 nitrogen and oxygen atoms in total. The zero-order chi connectivity index (χ0) is 32.2. The van der Waals surface area contributed by atoms with Crippen LogP contribution < -0.4 is 5.01 Å². The van der Waals surface area contributed by atoms with E-state index in [1.807, 2.05) is 27.0 Å². The minimum atomic E-state index is -1.000. The summed E-state index contributed by atoms with van der Waals surface area (Å²) in [5.41, 5.74) is 1.61. The van der Waals surface area contributed by atoms with Crippen molar-refractivity contribution in [2.24, 2.45) is 17.8 Å². The van der Waals surface area contributed by atoms with E-state index < -0.39 is 47.5 Å². The number of amides is 1. The molecule has 2 aliphatic heterocycles. The monoisotopic (exact) mass is 626 g/mol. The van der Waals surface area contributed by atoms with Crippen molar-refractivity contribution in [3.05, 3.63) is 41.2 Å². The fraction of sp³-hybridized carbons (Fsp3) is 0.594. The van der Waals surface area contributed by atoms with Crippen molar-refractivity contribution in [3.8, 4) is 0 Å². The van der Waals surface area contributed by atoms with Gasteiger partial charge in [-0.15, -0.1) is 5.10 Å². The number of nitrogens with zero attached hydrogens (tertiary/aromatic N) is 6. The number of aliphatic hydroxyl groups is 1. The molecule has 1 aromatic carbocycles. The van der Waals surface area contributed by atoms with Gasteiger partial charge in [0.2, 0.25) is 11.6 Å². The molecule has 3 heterocycles. The van der Waals surface area contributed by atoms with E-state index in [2.05, 4.69) is 15.2 Å². The number of fused-ring (bicyclic) bond motifs is 1. The molecule has 1 N–H and O–H groups in total. The van der Waals surface area contributed by atoms with Crippen LogP contribution >= 0.6 is 0 Å². The number of ether oxygens (including phenoxy) is 2. The molecule has 5 rings (SSSR count). The fourth-order valence-corrected chi connectivity index (χ4v) is 6.18. The Hall–Kier alpha value is -3.68. The lowest BCUT2D eigenvalue weighted by Gasteiger charge is -2.33. The number of carbonyl (C=O) groups excluding carboxylic acids is 3. The zero-order valence-corrected chi connectivity index (χ0v) is 26.4. The lowest BCUT2D eigenvalue weighted by molar-refractivity contribution is -0.140. The summed E-state index contributed by atoms with van der Waals surface area (Å²) in [6.45, 7) is 9.60. The highest BCUT2D eigenvalue weighted by Gasteiger charge is 2.33. The number of likely N-dealkylation sites (N-methyl/N-ethyl adjacent to an activating group) is 1. The number of rotatable bonds is 4. The maximum absolute atomic E-state index is 15.1. The average molecular weight is 627 g/mol. The largest absolute Gasteiger partial charge is 0.442 e. The molecule has 3 aliphatic rings. The van der Waals surface area contributed by atoms with Crippen LogP contribution in [0.4, 0.5) is 9.18 Å². The van der Waals surface area contributed by atoms with E-state index in [4.69, 9.17) is 9.47 Å². The van der Waals surface area contributed by atoms with Gasteiger partial charge in [-0.2, -0.15) is 4.79 Å². The normalized spacial score (nSPS) is 28.7. The van der Waals surface area contributed by atoms with Crippen LogP contribution in [0.15, 0.2) is 29.9 Å². The third-order valence-corrected chi connectivity index (χ3v) is 9.02. The topological polar surface area (TPSA) is 130 Å². The Bertz CT molecular complexity index is 1460. The summed E-state index contributed by atoms with van der Waals surface area (Å²) in [5, 5.41) is 20.5. The van der Waals surface area contributed by atoms with Crippen LogP contribution in [-0.4, -0.2) is 113 Å². The highest BCUT2D eigenvalue weighted by Crippen LogP contribution is 2.30. The summed E-state index contributed by atoms with van der Waals surface area (Å²) in [4.78, 5) is 45.1. The zero-order valence-electron chi connectivity index (χ0n) is 26.4. The van der Waals surface area contributed by atoms with Crippen LogP contribution in [0, 0.1) is 23.6 Å². The number of ketones is 2. The first-order valence-corrected chi connectivity index (χ1v) is 15.7. The number of hydrogen-bond donors (Lipinski definition) is 1. The van der Waals surface area contributed by atoms with Crippen molar-refractivity contribution < 1.29 is 33.4 Å². The molecule has 5 atom stereocenters. The minimum Gasteiger partial charge on any atom is -0.442 e. The summed E-state index contributed by atoms with van der Waals surface area (Å²) in [7, 11) is 2.01. The number of Topliss-reactive ketones (excluding diaryl/α,β-unsaturated/α-hetero) is 2. The number of aromatic nitrogens is 3. The molecular formula is C32H43FN6O6. The smallest absolute Gasteiger partial charge is 0.410 e. The second-order valence-corrected chi connectivity index (χ2v) is 12.6. The SMILES string of the molecule is C/C(=C\c1cc(F)c2nnn(N3CCOC3)c2c1)[C@H]1C(=O)C(=O)C[C@H](O)CC[C@H](C)[C@@H](OC(=O)N2CCN(C)CC2)/C=C/[C@@H]1C. The number of allylic oxidation sites excluding steroid dienone is 2. The number of hydrogen-bond acceptors (Lipinski definition) is 10. The molecule has 244 valence electrons. The van der Waals surface area contributed by atoms with Gasteiger partial charge >= 0.3 is 6.09 Å². The Labute approximate surface area is 262 Å². The fourth-order valence-electron chi connectivity index (χ4n) is 6.18. The number of aliphatic hydroxyl groups excluding tert-OH is 1. The summed E-state index contributed by atoms with van der Waals surface area (Å²) >= 11 is 0. The molecule has 13 heteroatoms. The van der Waals surface area contributed by atoms with Gasteiger partial charge in [-0.1, -0.05) is 31.6 Å². The number of carbonyl (C=O) groups is 3. The van der Waals surface area contributed by atoms with E-state index in [1.165, 1.54) is 10.9 Å². The molecule has 0 spiro atoms. The molecule has 0 bridgehead atoms. The summed E-state index contributed by atoms with van der Waals surface area (Å²) in [6, 6.07) is 3.06. The van der Waals surface area contributed by atoms with Crippen molar-refractivity contribution in [1.29, 1.82) is 0 Å². The first kappa shape index (κ1) is 32.7. The van der Waals surface area contributed by atoms with Crippen LogP contribution in [0.2, 0.25) is 0 Å². The summed E-state index contributed by atoms with van der Waals surface area (Å²) in [6.07, 6.45) is 3.83. The van der Waals surface area contributed by atoms with Gasteiger partial charge in [0.05, 0.1) is 25.2 Å². The standard InChI is InChI=1S/C32H43FN6O6/c1-20-5-7-24(40)18-27(41)31(42)29(21(2)6-8-28(20)45-32(43)37-11-9-36(4)10-12-37)22(3)15-23-16-25(33)30-26(17-23)39(35-34-30)38-13-14-44-19-38/h6,8,15-17,20-21,24,28-29,40H,5,7,9-14,18-19H2,1-4H3/b8-6+,22-15+/t20-,21-,24+,28-,29-/m0/s1. The molecule has 2 saturated heterocycles. The maximum atomic E-state index is 15.1. The molecule has 1 amide bonds. The molecule has 0 radical (unpaired) electrons. The lowest BCUT2D eigenvalue weighted by atomic mass is 9.80. The highest BCUT2D eigenvalue weighted by atomic mass is 19.1. The highest BCUT2D eigenvalue weighted by molar-refractivity contribution is 6.38. The van der Waals surface area contributed by atoms with E-state index in [0.717, 1.165) is 13.1 Å². The van der Waals surface area contributed by atoms with Crippen molar-refractivity contribution in [2.75, 3.05) is 58.1 Å². The van der Waals surface area contributed by atoms with Gasteiger partial charge in [-0.05, 0) is 67.6 Å². The summed E-state index contributed by atoms with van der Waals surface area (Å²) in [5.74, 6) is -3.30. The maximum Gasteiger partial charge on any atom is 0.410 e. The quantitative estimate of drug-likeness (QED) is 0.400. The minimum absolute atomic E-state index is 0.116. The third-order valence-electron chi connectivity index (χ3n) is 9.02. The second-order valence-electron chi connectivity index (χ2n) is 12.6. The van der Waals surface area contributed by atoms with E-state index in [9.17, 15) is 19.5 Å². The van der Waals surface area contributed by atoms with Crippen LogP contribution in [0.1, 0.15) is 45.6 Å². The van der Waals surface area contributed by atoms with Gasteiger partial charge in [0, 0.05) is 32.6 Å². The molecular weight excluding hydrogens is 583 g/mol. The molecule has 2 aromatic rings. The Morgan fingerprint density at radius 2 is 1.87 bits per heavy atom. The van der Waals surface area contributed by atoms with Crippen molar-refractivity contribution in [3.63, 3.8) is 0 Å². The average Bonchev–Trinajstić information content (AvgIpc) is 3.68. The van der Waals surface area contributed by atoms with Gasteiger partial charge in [-0.3, -0.25) is 14.6 Å². The van der Waals surface area contributed by atoms with E-state index >= 15 is 4.39 Å². The molecule has 1 aromatic heterocycles. The number of piperazine rings is 1. The molecule has 1 aliphatic carbocycles. The van der Waals surface area contributed by atoms with Gasteiger partial charge < -0.3 is 24.4 Å². The summed E-state index contributed by atoms with van der Waals surface area (Å²) < 4.78 is 26.5. The van der Waals surface area contributed by atoms with Gasteiger partial charge in [-0.25, -0.2) is 9.18 Å². The first-order chi connectivity index (χ1) is 21.5. The Morgan fingerprint density at radius 3 is 2.58 bits per heavy atom. The van der Waals surface area contributed by atoms with Crippen molar-refractivity contribution in [2.45, 2.75) is 52.2 Å². The Kier molecular flexibility index (Phi) is 10.3. The Balaban J connectivity index is 1.44. The van der Waals surface area contributed by atoms with Gasteiger partial charge in [0.1, 0.15) is 18.4 Å². The molecule has 0 saturated carbocycles. The van der Waals surface area contributed by atoms with E-state index in [1.54, 1.807) is 35.1 Å². The number of halogens is 1. The third kappa shape index (κ3) is 7.59. The van der Waals surface area contributed by atoms with Crippen LogP contribution in [0.25, 0.3) is 17.1 Å². The van der Waals surface area contributed by atoms with Crippen LogP contribution in [0.3, 0.4) is 0 Å². The molecule has 45 heavy (non-hydrogen) atoms. The Morgan fingerprint density at radius 1 is 1.11 bits per heavy atom. The van der Waals surface area contributed by atoms with Crippen LogP contribution in [-0.2, 0) is 19.1 Å². The van der Waals surface area contributed by atoms with Crippen LogP contribution in [0.5, 0.6) is 0 Å². The van der Waals surface area contributed by atoms with Gasteiger partial charge in [0.25, 0.3) is 0 Å². The van der Waals surface area contributed by atoms with Crippen molar-refractivity contribution >= 4 is 34.8 Å². The predicted molar refractivity (Wildman–Crippen MR) is 165 cm³/mol. The molecule has 2 fully saturated rings. The molecule has 0 unspecified atom stereocenters. The lowest BCUT2D eigenvalue weighted by Crippen LogP contribution is -2.48. The van der Waals surface area contributed by atoms with Crippen molar-refractivity contribution in [1.82, 2.24) is 24.9 Å². The van der Waals surface area contributed by atoms with Gasteiger partial charge in [0.15, 0.2) is 11.3 Å². The number of benzene rings is 1. The second kappa shape index (κ2) is 14.2. The predicted octanol–water partition coefficient (Wildman–Crippen LogP) is 2.78.